The molecule has 5 aromatic rings. The van der Waals surface area contributed by atoms with Crippen molar-refractivity contribution in [2.45, 2.75) is 5.66 Å². The van der Waals surface area contributed by atoms with Gasteiger partial charge in [-0.05, 0) is 67.5 Å². The van der Waals surface area contributed by atoms with Gasteiger partial charge < -0.3 is 4.74 Å². The van der Waals surface area contributed by atoms with Gasteiger partial charge in [-0.15, -0.1) is 0 Å². The summed E-state index contributed by atoms with van der Waals surface area (Å²) in [6, 6.07) is 51.6. The third-order valence-corrected chi connectivity index (χ3v) is 12.2. The number of ether oxygens (including phenoxy) is 1. The molecule has 0 amide bonds. The SMILES string of the molecule is Clc1ccc(OCC(CP(c2ccccc2)c2ccccc2)P(c2ccccc2)c2ccccc2)cc1. The van der Waals surface area contributed by atoms with E-state index in [-0.39, 0.29) is 0 Å². The highest BCUT2D eigenvalue weighted by molar-refractivity contribution is 7.77. The lowest BCUT2D eigenvalue weighted by Gasteiger charge is -2.32. The van der Waals surface area contributed by atoms with Crippen LogP contribution in [0, 0.1) is 0 Å². The monoisotopic (exact) mass is 538 g/mol. The van der Waals surface area contributed by atoms with E-state index in [0.29, 0.717) is 12.3 Å². The van der Waals surface area contributed by atoms with Crippen molar-refractivity contribution in [3.05, 3.63) is 151 Å². The van der Waals surface area contributed by atoms with Crippen LogP contribution in [0.1, 0.15) is 0 Å². The standard InChI is InChI=1S/C33H29ClOP2/c34-27-21-23-28(24-22-27)35-25-33(37(31-17-9-3-10-18-31)32-19-11-4-12-20-32)26-36(29-13-5-1-6-14-29)30-15-7-2-8-16-30/h1-24,33H,25-26H2. The molecule has 5 aromatic carbocycles. The smallest absolute Gasteiger partial charge is 0.119 e. The van der Waals surface area contributed by atoms with E-state index in [1.54, 1.807) is 0 Å². The molecule has 4 heteroatoms. The first-order chi connectivity index (χ1) is 18.3. The van der Waals surface area contributed by atoms with Crippen LogP contribution >= 0.6 is 27.4 Å². The Morgan fingerprint density at radius 3 is 1.35 bits per heavy atom. The summed E-state index contributed by atoms with van der Waals surface area (Å²) < 4.78 is 6.49. The van der Waals surface area contributed by atoms with Gasteiger partial charge in [-0.25, -0.2) is 0 Å². The van der Waals surface area contributed by atoms with Gasteiger partial charge in [0, 0.05) is 10.7 Å². The largest absolute Gasteiger partial charge is 0.493 e. The molecule has 1 unspecified atom stereocenters. The zero-order chi connectivity index (χ0) is 25.3. The quantitative estimate of drug-likeness (QED) is 0.169. The minimum Gasteiger partial charge on any atom is -0.493 e. The zero-order valence-corrected chi connectivity index (χ0v) is 23.1. The molecule has 1 nitrogen and oxygen atoms in total. The summed E-state index contributed by atoms with van der Waals surface area (Å²) in [5, 5.41) is 6.28. The molecular formula is C33H29ClOP2. The first-order valence-corrected chi connectivity index (χ1v) is 15.7. The average Bonchev–Trinajstić information content (AvgIpc) is 2.97. The van der Waals surface area contributed by atoms with E-state index >= 15 is 0 Å². The summed E-state index contributed by atoms with van der Waals surface area (Å²) in [4.78, 5) is 0. The molecule has 0 radical (unpaired) electrons. The molecule has 0 heterocycles. The fourth-order valence-corrected chi connectivity index (χ4v) is 10.4. The molecule has 0 aliphatic heterocycles. The van der Waals surface area contributed by atoms with Gasteiger partial charge >= 0.3 is 0 Å². The maximum absolute atomic E-state index is 6.49. The Hall–Kier alpha value is -2.95. The molecule has 0 spiro atoms. The lowest BCUT2D eigenvalue weighted by atomic mass is 10.3. The number of benzene rings is 5. The van der Waals surface area contributed by atoms with Crippen LogP contribution in [0.15, 0.2) is 146 Å². The van der Waals surface area contributed by atoms with Gasteiger partial charge in [-0.2, -0.15) is 0 Å². The van der Waals surface area contributed by atoms with Crippen LogP contribution in [0.5, 0.6) is 5.75 Å². The van der Waals surface area contributed by atoms with Crippen molar-refractivity contribution < 1.29 is 4.74 Å². The van der Waals surface area contributed by atoms with Crippen molar-refractivity contribution in [1.29, 1.82) is 0 Å². The molecule has 0 aliphatic rings. The Bertz CT molecular complexity index is 1270. The summed E-state index contributed by atoms with van der Waals surface area (Å²) in [5.41, 5.74) is 0.307. The zero-order valence-electron chi connectivity index (χ0n) is 20.5. The van der Waals surface area contributed by atoms with Gasteiger partial charge in [0.25, 0.3) is 0 Å². The minimum atomic E-state index is -0.665. The topological polar surface area (TPSA) is 9.23 Å². The van der Waals surface area contributed by atoms with Crippen LogP contribution in [0.25, 0.3) is 0 Å². The molecule has 0 N–H and O–H groups in total. The predicted molar refractivity (Wildman–Crippen MR) is 164 cm³/mol. The van der Waals surface area contributed by atoms with Crippen LogP contribution < -0.4 is 26.0 Å². The van der Waals surface area contributed by atoms with E-state index in [2.05, 4.69) is 121 Å². The van der Waals surface area contributed by atoms with Crippen molar-refractivity contribution in [3.8, 4) is 5.75 Å². The Balaban J connectivity index is 1.56. The van der Waals surface area contributed by atoms with Crippen molar-refractivity contribution in [1.82, 2.24) is 0 Å². The highest BCUT2D eigenvalue weighted by Gasteiger charge is 2.29. The van der Waals surface area contributed by atoms with Gasteiger partial charge in [0.15, 0.2) is 0 Å². The second-order valence-corrected chi connectivity index (χ2v) is 13.9. The Morgan fingerprint density at radius 2 is 0.919 bits per heavy atom. The molecule has 0 saturated heterocycles. The van der Waals surface area contributed by atoms with Gasteiger partial charge in [-0.3, -0.25) is 0 Å². The van der Waals surface area contributed by atoms with Gasteiger partial charge in [0.05, 0.1) is 6.61 Å². The summed E-state index contributed by atoms with van der Waals surface area (Å²) >= 11 is 6.14. The molecule has 0 fully saturated rings. The molecule has 5 rings (SSSR count). The molecular weight excluding hydrogens is 510 g/mol. The second kappa shape index (κ2) is 13.0. The van der Waals surface area contributed by atoms with Crippen LogP contribution in [-0.2, 0) is 0 Å². The van der Waals surface area contributed by atoms with E-state index in [4.69, 9.17) is 16.3 Å². The van der Waals surface area contributed by atoms with Gasteiger partial charge in [0.2, 0.25) is 0 Å². The first kappa shape index (κ1) is 25.7. The van der Waals surface area contributed by atoms with E-state index in [0.717, 1.165) is 16.9 Å². The van der Waals surface area contributed by atoms with Crippen LogP contribution in [-0.4, -0.2) is 18.4 Å². The Morgan fingerprint density at radius 1 is 0.514 bits per heavy atom. The summed E-state index contributed by atoms with van der Waals surface area (Å²) in [7, 11) is -1.24. The van der Waals surface area contributed by atoms with Crippen LogP contribution in [0.4, 0.5) is 0 Å². The van der Waals surface area contributed by atoms with Gasteiger partial charge in [-0.1, -0.05) is 133 Å². The Labute approximate surface area is 227 Å². The molecule has 0 bridgehead atoms. The lowest BCUT2D eigenvalue weighted by Crippen LogP contribution is -2.31. The van der Waals surface area contributed by atoms with E-state index in [1.165, 1.54) is 21.2 Å². The average molecular weight is 539 g/mol. The number of halogens is 1. The summed E-state index contributed by atoms with van der Waals surface area (Å²) in [6.07, 6.45) is 1.03. The fourth-order valence-electron chi connectivity index (χ4n) is 4.47. The van der Waals surface area contributed by atoms with E-state index < -0.39 is 15.8 Å². The number of hydrogen-bond donors (Lipinski definition) is 0. The predicted octanol–water partition coefficient (Wildman–Crippen LogP) is 7.35. The fraction of sp³-hybridized carbons (Fsp3) is 0.0909. The lowest BCUT2D eigenvalue weighted by molar-refractivity contribution is 0.322. The third-order valence-electron chi connectivity index (χ3n) is 6.22. The molecule has 184 valence electrons. The Kier molecular flexibility index (Phi) is 9.04. The highest BCUT2D eigenvalue weighted by Crippen LogP contribution is 2.46. The molecule has 37 heavy (non-hydrogen) atoms. The van der Waals surface area contributed by atoms with Crippen molar-refractivity contribution in [2.75, 3.05) is 12.8 Å². The number of hydrogen-bond acceptors (Lipinski definition) is 1. The van der Waals surface area contributed by atoms with Crippen molar-refractivity contribution in [2.24, 2.45) is 0 Å². The van der Waals surface area contributed by atoms with Crippen LogP contribution in [0.3, 0.4) is 0 Å². The minimum absolute atomic E-state index is 0.307. The van der Waals surface area contributed by atoms with Crippen molar-refractivity contribution in [3.63, 3.8) is 0 Å². The molecule has 0 saturated carbocycles. The van der Waals surface area contributed by atoms with E-state index in [1.807, 2.05) is 24.3 Å². The van der Waals surface area contributed by atoms with Crippen molar-refractivity contribution >= 4 is 48.7 Å². The molecule has 1 atom stereocenters. The van der Waals surface area contributed by atoms with E-state index in [9.17, 15) is 0 Å². The van der Waals surface area contributed by atoms with Gasteiger partial charge in [0.1, 0.15) is 5.75 Å². The third kappa shape index (κ3) is 6.88. The van der Waals surface area contributed by atoms with Crippen LogP contribution in [0.2, 0.25) is 5.02 Å². The first-order valence-electron chi connectivity index (χ1n) is 12.4. The number of rotatable bonds is 10. The molecule has 0 aromatic heterocycles. The normalized spacial score (nSPS) is 12.0. The molecule has 0 aliphatic carbocycles. The maximum atomic E-state index is 6.49. The summed E-state index contributed by atoms with van der Waals surface area (Å²) in [5.74, 6) is 0.856. The highest BCUT2D eigenvalue weighted by atomic mass is 35.5. The maximum Gasteiger partial charge on any atom is 0.119 e. The summed E-state index contributed by atoms with van der Waals surface area (Å²) in [6.45, 7) is 0.635. The second-order valence-electron chi connectivity index (χ2n) is 8.74.